The fourth-order valence-electron chi connectivity index (χ4n) is 3.00. The molecule has 5 heteroatoms. The highest BCUT2D eigenvalue weighted by Crippen LogP contribution is 2.29. The highest BCUT2D eigenvalue weighted by molar-refractivity contribution is 6.09. The molecule has 0 aliphatic heterocycles. The average molecular weight is 319 g/mol. The van der Waals surface area contributed by atoms with Crippen molar-refractivity contribution >= 4 is 33.5 Å². The molecule has 0 unspecified atom stereocenters. The normalized spacial score (nSPS) is 11.0. The van der Waals surface area contributed by atoms with Gasteiger partial charge in [-0.25, -0.2) is 4.79 Å². The summed E-state index contributed by atoms with van der Waals surface area (Å²) in [4.78, 5) is 12.0. The second-order valence-corrected chi connectivity index (χ2v) is 5.70. The summed E-state index contributed by atoms with van der Waals surface area (Å²) in [6.07, 6.45) is 1.59. The van der Waals surface area contributed by atoms with Crippen LogP contribution in [-0.4, -0.2) is 10.6 Å². The number of anilines is 1. The van der Waals surface area contributed by atoms with E-state index in [1.807, 2.05) is 43.4 Å². The molecule has 0 aliphatic rings. The van der Waals surface area contributed by atoms with Crippen molar-refractivity contribution in [3.05, 3.63) is 66.6 Å². The van der Waals surface area contributed by atoms with Crippen LogP contribution in [0.25, 0.3) is 21.8 Å². The molecule has 0 saturated heterocycles. The molecule has 0 fully saturated rings. The third kappa shape index (κ3) is 2.50. The monoisotopic (exact) mass is 319 g/mol. The van der Waals surface area contributed by atoms with Crippen LogP contribution >= 0.6 is 0 Å². The lowest BCUT2D eigenvalue weighted by molar-refractivity contribution is 0.251. The van der Waals surface area contributed by atoms with E-state index < -0.39 is 0 Å². The molecule has 0 saturated carbocycles. The fraction of sp³-hybridized carbons (Fsp3) is 0.105. The molecule has 4 rings (SSSR count). The molecule has 5 nitrogen and oxygen atoms in total. The Morgan fingerprint density at radius 3 is 2.71 bits per heavy atom. The van der Waals surface area contributed by atoms with Crippen molar-refractivity contribution in [1.29, 1.82) is 0 Å². The number of hydrogen-bond donors (Lipinski definition) is 2. The minimum atomic E-state index is -0.258. The molecule has 4 aromatic rings. The standard InChI is InChI=1S/C19H17N3O2/c1-22-17-7-3-2-6-15(17)16-11-13(8-9-18(16)22)21-19(23)20-12-14-5-4-10-24-14/h2-11H,12H2,1H3,(H2,20,21,23). The number of nitrogens with zero attached hydrogens (tertiary/aromatic N) is 1. The molecule has 0 spiro atoms. The summed E-state index contributed by atoms with van der Waals surface area (Å²) in [5, 5.41) is 7.94. The molecule has 2 aromatic carbocycles. The van der Waals surface area contributed by atoms with Crippen LogP contribution < -0.4 is 10.6 Å². The van der Waals surface area contributed by atoms with Crippen LogP contribution in [-0.2, 0) is 13.6 Å². The van der Waals surface area contributed by atoms with Crippen LogP contribution in [0.3, 0.4) is 0 Å². The third-order valence-corrected chi connectivity index (χ3v) is 4.17. The first-order valence-corrected chi connectivity index (χ1v) is 7.77. The zero-order valence-electron chi connectivity index (χ0n) is 13.2. The lowest BCUT2D eigenvalue weighted by Gasteiger charge is -2.07. The predicted octanol–water partition coefficient (Wildman–Crippen LogP) is 4.25. The quantitative estimate of drug-likeness (QED) is 0.593. The summed E-state index contributed by atoms with van der Waals surface area (Å²) in [7, 11) is 2.05. The Morgan fingerprint density at radius 2 is 1.88 bits per heavy atom. The van der Waals surface area contributed by atoms with Crippen LogP contribution in [0.15, 0.2) is 65.3 Å². The van der Waals surface area contributed by atoms with Gasteiger partial charge in [-0.05, 0) is 36.4 Å². The van der Waals surface area contributed by atoms with Crippen molar-refractivity contribution in [2.75, 3.05) is 5.32 Å². The molecule has 2 aromatic heterocycles. The van der Waals surface area contributed by atoms with E-state index in [4.69, 9.17) is 4.42 Å². The molecule has 0 atom stereocenters. The molecular formula is C19H17N3O2. The Hall–Kier alpha value is -3.21. The van der Waals surface area contributed by atoms with Gasteiger partial charge in [-0.3, -0.25) is 0 Å². The molecule has 120 valence electrons. The first kappa shape index (κ1) is 14.4. The van der Waals surface area contributed by atoms with Crippen molar-refractivity contribution in [3.63, 3.8) is 0 Å². The van der Waals surface area contributed by atoms with Crippen molar-refractivity contribution in [2.24, 2.45) is 7.05 Å². The highest BCUT2D eigenvalue weighted by atomic mass is 16.3. The van der Waals surface area contributed by atoms with Crippen LogP contribution in [0.5, 0.6) is 0 Å². The molecule has 24 heavy (non-hydrogen) atoms. The van der Waals surface area contributed by atoms with E-state index in [0.717, 1.165) is 22.4 Å². The topological polar surface area (TPSA) is 59.2 Å². The van der Waals surface area contributed by atoms with Gasteiger partial charge in [0.15, 0.2) is 0 Å². The lowest BCUT2D eigenvalue weighted by atomic mass is 10.1. The number of amides is 2. The number of para-hydroxylation sites is 1. The minimum Gasteiger partial charge on any atom is -0.467 e. The van der Waals surface area contributed by atoms with Crippen molar-refractivity contribution < 1.29 is 9.21 Å². The Bertz CT molecular complexity index is 1020. The van der Waals surface area contributed by atoms with Crippen LogP contribution in [0.1, 0.15) is 5.76 Å². The molecule has 2 heterocycles. The maximum absolute atomic E-state index is 12.0. The van der Waals surface area contributed by atoms with Crippen molar-refractivity contribution in [3.8, 4) is 0 Å². The molecule has 2 N–H and O–H groups in total. The number of nitrogens with one attached hydrogen (secondary N) is 2. The van der Waals surface area contributed by atoms with Gasteiger partial charge in [-0.2, -0.15) is 0 Å². The van der Waals surface area contributed by atoms with E-state index in [9.17, 15) is 4.79 Å². The van der Waals surface area contributed by atoms with E-state index in [0.29, 0.717) is 6.54 Å². The maximum Gasteiger partial charge on any atom is 0.319 e. The third-order valence-electron chi connectivity index (χ3n) is 4.17. The van der Waals surface area contributed by atoms with Crippen LogP contribution in [0.4, 0.5) is 10.5 Å². The van der Waals surface area contributed by atoms with E-state index in [2.05, 4.69) is 27.3 Å². The van der Waals surface area contributed by atoms with Crippen molar-refractivity contribution in [1.82, 2.24) is 9.88 Å². The summed E-state index contributed by atoms with van der Waals surface area (Å²) >= 11 is 0. The Balaban J connectivity index is 1.58. The summed E-state index contributed by atoms with van der Waals surface area (Å²) in [6.45, 7) is 0.356. The van der Waals surface area contributed by atoms with Gasteiger partial charge in [0.2, 0.25) is 0 Å². The largest absolute Gasteiger partial charge is 0.467 e. The molecule has 2 amide bonds. The van der Waals surface area contributed by atoms with Gasteiger partial charge in [0.1, 0.15) is 5.76 Å². The number of carbonyl (C=O) groups is 1. The molecule has 0 radical (unpaired) electrons. The number of carbonyl (C=O) groups excluding carboxylic acids is 1. The molecule has 0 aliphatic carbocycles. The Morgan fingerprint density at radius 1 is 1.04 bits per heavy atom. The highest BCUT2D eigenvalue weighted by Gasteiger charge is 2.09. The summed E-state index contributed by atoms with van der Waals surface area (Å²) in [5.41, 5.74) is 3.07. The van der Waals surface area contributed by atoms with Gasteiger partial charge in [-0.1, -0.05) is 18.2 Å². The van der Waals surface area contributed by atoms with Gasteiger partial charge >= 0.3 is 6.03 Å². The first-order chi connectivity index (χ1) is 11.7. The van der Waals surface area contributed by atoms with Crippen molar-refractivity contribution in [2.45, 2.75) is 6.54 Å². The van der Waals surface area contributed by atoms with Gasteiger partial charge < -0.3 is 19.6 Å². The Labute approximate surface area is 138 Å². The zero-order chi connectivity index (χ0) is 16.5. The molecule has 0 bridgehead atoms. The first-order valence-electron chi connectivity index (χ1n) is 7.77. The number of furan rings is 1. The Kier molecular flexibility index (Phi) is 3.46. The van der Waals surface area contributed by atoms with Crippen LogP contribution in [0.2, 0.25) is 0 Å². The zero-order valence-corrected chi connectivity index (χ0v) is 13.2. The number of fused-ring (bicyclic) bond motifs is 3. The van der Waals surface area contributed by atoms with Gasteiger partial charge in [-0.15, -0.1) is 0 Å². The number of urea groups is 1. The summed E-state index contributed by atoms with van der Waals surface area (Å²) in [5.74, 6) is 0.717. The number of aromatic nitrogens is 1. The second-order valence-electron chi connectivity index (χ2n) is 5.70. The summed E-state index contributed by atoms with van der Waals surface area (Å²) < 4.78 is 7.36. The van der Waals surface area contributed by atoms with E-state index in [-0.39, 0.29) is 6.03 Å². The maximum atomic E-state index is 12.0. The van der Waals surface area contributed by atoms with E-state index in [1.54, 1.807) is 12.3 Å². The second kappa shape index (κ2) is 5.77. The predicted molar refractivity (Wildman–Crippen MR) is 95.0 cm³/mol. The number of rotatable bonds is 3. The van der Waals surface area contributed by atoms with Gasteiger partial charge in [0, 0.05) is 34.5 Å². The van der Waals surface area contributed by atoms with E-state index >= 15 is 0 Å². The lowest BCUT2D eigenvalue weighted by Crippen LogP contribution is -2.27. The smallest absolute Gasteiger partial charge is 0.319 e. The van der Waals surface area contributed by atoms with Crippen LogP contribution in [0, 0.1) is 0 Å². The number of aryl methyl sites for hydroxylation is 1. The number of benzene rings is 2. The van der Waals surface area contributed by atoms with E-state index in [1.165, 1.54) is 10.9 Å². The SMILES string of the molecule is Cn1c2ccccc2c2cc(NC(=O)NCc3ccco3)ccc21. The molecular weight excluding hydrogens is 302 g/mol. The average Bonchev–Trinajstić information content (AvgIpc) is 3.21. The van der Waals surface area contributed by atoms with Gasteiger partial charge in [0.25, 0.3) is 0 Å². The summed E-state index contributed by atoms with van der Waals surface area (Å²) in [6, 6.07) is 17.5. The minimum absolute atomic E-state index is 0.258. The fourth-order valence-corrected chi connectivity index (χ4v) is 3.00. The van der Waals surface area contributed by atoms with Gasteiger partial charge in [0.05, 0.1) is 12.8 Å². The number of hydrogen-bond acceptors (Lipinski definition) is 2.